The van der Waals surface area contributed by atoms with Gasteiger partial charge in [-0.05, 0) is 25.0 Å². The molecule has 90 valence electrons. The Morgan fingerprint density at radius 3 is 3.12 bits per heavy atom. The van der Waals surface area contributed by atoms with Crippen molar-refractivity contribution >= 4 is 11.4 Å². The second-order valence-corrected chi connectivity index (χ2v) is 3.78. The molecule has 2 N–H and O–H groups in total. The molecule has 5 heteroatoms. The summed E-state index contributed by atoms with van der Waals surface area (Å²) in [5, 5.41) is 15.5. The topological polar surface area (TPSA) is 66.6 Å². The van der Waals surface area contributed by atoms with E-state index in [4.69, 9.17) is 5.11 Å². The van der Waals surface area contributed by atoms with Gasteiger partial charge in [0.2, 0.25) is 0 Å². The zero-order valence-corrected chi connectivity index (χ0v) is 9.47. The molecule has 0 radical (unpaired) electrons. The summed E-state index contributed by atoms with van der Waals surface area (Å²) in [6.45, 7) is 0.732. The zero-order chi connectivity index (χ0) is 12.1. The van der Waals surface area contributed by atoms with Crippen LogP contribution in [0.15, 0.2) is 30.6 Å². The molecule has 0 atom stereocenters. The molecule has 17 heavy (non-hydrogen) atoms. The Morgan fingerprint density at radius 2 is 2.29 bits per heavy atom. The van der Waals surface area contributed by atoms with Gasteiger partial charge >= 0.3 is 0 Å². The third-order valence-corrected chi connectivity index (χ3v) is 2.54. The maximum absolute atomic E-state index is 11.9. The van der Waals surface area contributed by atoms with Crippen LogP contribution in [-0.4, -0.2) is 33.8 Å². The van der Waals surface area contributed by atoms with Crippen molar-refractivity contribution in [1.82, 2.24) is 14.9 Å². The second-order valence-electron chi connectivity index (χ2n) is 3.78. The Hall–Kier alpha value is -1.88. The van der Waals surface area contributed by atoms with Crippen LogP contribution in [0.3, 0.4) is 0 Å². The average molecular weight is 233 g/mol. The fraction of sp³-hybridized carbons (Fsp3) is 0.333. The highest BCUT2D eigenvalue weighted by atomic mass is 16.2. The largest absolute Gasteiger partial charge is 0.396 e. The number of nitrogens with zero attached hydrogens (tertiary/aromatic N) is 2. The van der Waals surface area contributed by atoms with Crippen LogP contribution in [0.4, 0.5) is 0 Å². The highest BCUT2D eigenvalue weighted by Crippen LogP contribution is 2.09. The SMILES string of the molecule is O=C(NCCCCO)c1cnn2ccccc12. The number of fused-ring (bicyclic) bond motifs is 1. The van der Waals surface area contributed by atoms with E-state index in [0.29, 0.717) is 18.5 Å². The first-order chi connectivity index (χ1) is 8.33. The predicted molar refractivity (Wildman–Crippen MR) is 63.8 cm³/mol. The molecule has 2 heterocycles. The van der Waals surface area contributed by atoms with Gasteiger partial charge in [-0.15, -0.1) is 0 Å². The number of nitrogens with one attached hydrogen (secondary N) is 1. The van der Waals surface area contributed by atoms with Gasteiger partial charge in [0.15, 0.2) is 0 Å². The lowest BCUT2D eigenvalue weighted by atomic mass is 10.2. The minimum Gasteiger partial charge on any atom is -0.396 e. The van der Waals surface area contributed by atoms with Crippen molar-refractivity contribution in [2.45, 2.75) is 12.8 Å². The monoisotopic (exact) mass is 233 g/mol. The molecular formula is C12H15N3O2. The normalized spacial score (nSPS) is 10.6. The quantitative estimate of drug-likeness (QED) is 0.752. The molecule has 0 saturated heterocycles. The van der Waals surface area contributed by atoms with E-state index in [1.165, 1.54) is 0 Å². The van der Waals surface area contributed by atoms with Crippen molar-refractivity contribution in [2.24, 2.45) is 0 Å². The van der Waals surface area contributed by atoms with Crippen LogP contribution in [-0.2, 0) is 0 Å². The first-order valence-corrected chi connectivity index (χ1v) is 5.64. The number of carbonyl (C=O) groups is 1. The summed E-state index contributed by atoms with van der Waals surface area (Å²) < 4.78 is 1.67. The molecule has 0 aliphatic heterocycles. The van der Waals surface area contributed by atoms with Crippen LogP contribution in [0.2, 0.25) is 0 Å². The van der Waals surface area contributed by atoms with Crippen LogP contribution >= 0.6 is 0 Å². The van der Waals surface area contributed by atoms with Gasteiger partial charge in [0.05, 0.1) is 17.3 Å². The van der Waals surface area contributed by atoms with Crippen molar-refractivity contribution in [1.29, 1.82) is 0 Å². The van der Waals surface area contributed by atoms with Gasteiger partial charge in [0, 0.05) is 19.3 Å². The number of aliphatic hydroxyl groups is 1. The van der Waals surface area contributed by atoms with Gasteiger partial charge in [-0.2, -0.15) is 5.10 Å². The first kappa shape index (κ1) is 11.6. The summed E-state index contributed by atoms with van der Waals surface area (Å²) in [5.41, 5.74) is 1.38. The van der Waals surface area contributed by atoms with Gasteiger partial charge in [-0.3, -0.25) is 4.79 Å². The van der Waals surface area contributed by atoms with Crippen LogP contribution in [0, 0.1) is 0 Å². The summed E-state index contributed by atoms with van der Waals surface area (Å²) in [7, 11) is 0. The standard InChI is InChI=1S/C12H15N3O2/c16-8-4-2-6-13-12(17)10-9-14-15-7-3-1-5-11(10)15/h1,3,5,7,9,16H,2,4,6,8H2,(H,13,17). The number of carbonyl (C=O) groups excluding carboxylic acids is 1. The molecule has 2 aromatic rings. The van der Waals surface area contributed by atoms with Crippen LogP contribution < -0.4 is 5.32 Å². The summed E-state index contributed by atoms with van der Waals surface area (Å²) in [6.07, 6.45) is 4.85. The summed E-state index contributed by atoms with van der Waals surface area (Å²) in [6, 6.07) is 5.60. The number of pyridine rings is 1. The van der Waals surface area contributed by atoms with E-state index < -0.39 is 0 Å². The van der Waals surface area contributed by atoms with Gasteiger partial charge in [0.25, 0.3) is 5.91 Å². The molecule has 0 aliphatic rings. The number of unbranched alkanes of at least 4 members (excludes halogenated alkanes) is 1. The molecule has 1 amide bonds. The van der Waals surface area contributed by atoms with Crippen molar-refractivity contribution < 1.29 is 9.90 Å². The predicted octanol–water partition coefficient (Wildman–Crippen LogP) is 0.837. The van der Waals surface area contributed by atoms with Crippen molar-refractivity contribution in [3.05, 3.63) is 36.2 Å². The van der Waals surface area contributed by atoms with E-state index in [1.54, 1.807) is 16.9 Å². The van der Waals surface area contributed by atoms with E-state index >= 15 is 0 Å². The molecule has 0 spiro atoms. The number of hydrogen-bond acceptors (Lipinski definition) is 3. The van der Waals surface area contributed by atoms with Crippen molar-refractivity contribution in [2.75, 3.05) is 13.2 Å². The third-order valence-electron chi connectivity index (χ3n) is 2.54. The maximum Gasteiger partial charge on any atom is 0.255 e. The third kappa shape index (κ3) is 2.62. The molecule has 0 bridgehead atoms. The van der Waals surface area contributed by atoms with Crippen LogP contribution in [0.25, 0.3) is 5.52 Å². The van der Waals surface area contributed by atoms with E-state index in [-0.39, 0.29) is 12.5 Å². The van der Waals surface area contributed by atoms with Gasteiger partial charge in [0.1, 0.15) is 0 Å². The van der Waals surface area contributed by atoms with E-state index in [1.807, 2.05) is 18.2 Å². The maximum atomic E-state index is 11.9. The lowest BCUT2D eigenvalue weighted by Gasteiger charge is -2.02. The van der Waals surface area contributed by atoms with Gasteiger partial charge in [-0.1, -0.05) is 6.07 Å². The summed E-state index contributed by atoms with van der Waals surface area (Å²) >= 11 is 0. The van der Waals surface area contributed by atoms with Crippen molar-refractivity contribution in [3.63, 3.8) is 0 Å². The molecule has 0 saturated carbocycles. The van der Waals surface area contributed by atoms with Gasteiger partial charge < -0.3 is 10.4 Å². The van der Waals surface area contributed by atoms with Gasteiger partial charge in [-0.25, -0.2) is 4.52 Å². The second kappa shape index (κ2) is 5.45. The lowest BCUT2D eigenvalue weighted by molar-refractivity contribution is 0.0953. The zero-order valence-electron chi connectivity index (χ0n) is 9.47. The Bertz CT molecular complexity index is 507. The fourth-order valence-corrected chi connectivity index (χ4v) is 1.64. The number of aliphatic hydroxyl groups excluding tert-OH is 1. The highest BCUT2D eigenvalue weighted by molar-refractivity contribution is 6.00. The number of amides is 1. The average Bonchev–Trinajstić information content (AvgIpc) is 2.78. The molecule has 2 aromatic heterocycles. The molecule has 0 aromatic carbocycles. The van der Waals surface area contributed by atoms with E-state index in [9.17, 15) is 4.79 Å². The Morgan fingerprint density at radius 1 is 1.41 bits per heavy atom. The molecule has 2 rings (SSSR count). The van der Waals surface area contributed by atoms with Crippen LogP contribution in [0.5, 0.6) is 0 Å². The minimum atomic E-state index is -0.121. The number of hydrogen-bond donors (Lipinski definition) is 2. The first-order valence-electron chi connectivity index (χ1n) is 5.64. The lowest BCUT2D eigenvalue weighted by Crippen LogP contribution is -2.24. The van der Waals surface area contributed by atoms with Crippen molar-refractivity contribution in [3.8, 4) is 0 Å². The van der Waals surface area contributed by atoms with Crippen LogP contribution in [0.1, 0.15) is 23.2 Å². The van der Waals surface area contributed by atoms with E-state index in [0.717, 1.165) is 11.9 Å². The molecular weight excluding hydrogens is 218 g/mol. The minimum absolute atomic E-state index is 0.121. The number of rotatable bonds is 5. The molecule has 0 unspecified atom stereocenters. The smallest absolute Gasteiger partial charge is 0.255 e. The Labute approximate surface area is 99.1 Å². The molecule has 5 nitrogen and oxygen atoms in total. The summed E-state index contributed by atoms with van der Waals surface area (Å²) in [4.78, 5) is 11.9. The summed E-state index contributed by atoms with van der Waals surface area (Å²) in [5.74, 6) is -0.121. The highest BCUT2D eigenvalue weighted by Gasteiger charge is 2.10. The van der Waals surface area contributed by atoms with E-state index in [2.05, 4.69) is 10.4 Å². The molecule has 0 fully saturated rings. The Kier molecular flexibility index (Phi) is 3.72. The Balaban J connectivity index is 2.04. The molecule has 0 aliphatic carbocycles. The fourth-order valence-electron chi connectivity index (χ4n) is 1.64. The number of aromatic nitrogens is 2.